The summed E-state index contributed by atoms with van der Waals surface area (Å²) in [6.07, 6.45) is 9.41. The molecule has 2 atom stereocenters. The van der Waals surface area contributed by atoms with Gasteiger partial charge in [0.2, 0.25) is 0 Å². The third kappa shape index (κ3) is 5.15. The van der Waals surface area contributed by atoms with Crippen LogP contribution in [0.4, 0.5) is 0 Å². The quantitative estimate of drug-likeness (QED) is 0.157. The number of rotatable bonds is 7. The van der Waals surface area contributed by atoms with Crippen molar-refractivity contribution < 1.29 is 0 Å². The molecule has 2 heterocycles. The number of allylic oxidation sites excluding steroid dienone is 4. The predicted octanol–water partition coefficient (Wildman–Crippen LogP) is 9.32. The molecule has 0 saturated carbocycles. The molecule has 0 saturated heterocycles. The molecule has 2 aliphatic rings. The van der Waals surface area contributed by atoms with Gasteiger partial charge in [-0.05, 0) is 48.7 Å². The Hall–Kier alpha value is -3.51. The molecule has 6 aromatic rings. The van der Waals surface area contributed by atoms with Gasteiger partial charge < -0.3 is 0 Å². The lowest BCUT2D eigenvalue weighted by Crippen LogP contribution is -2.22. The first kappa shape index (κ1) is 28.0. The lowest BCUT2D eigenvalue weighted by molar-refractivity contribution is 0.878. The van der Waals surface area contributed by atoms with Crippen LogP contribution in [0.2, 0.25) is 0 Å². The number of thiophene rings is 1. The minimum absolute atomic E-state index is 0.331. The smallest absolute Gasteiger partial charge is 0.0456 e. The fourth-order valence-electron chi connectivity index (χ4n) is 6.27. The third-order valence-electron chi connectivity index (χ3n) is 8.21. The number of hydrogen-bond acceptors (Lipinski definition) is 2. The van der Waals surface area contributed by atoms with E-state index < -0.39 is 15.8 Å². The molecule has 1 aliphatic carbocycles. The molecule has 44 heavy (non-hydrogen) atoms. The van der Waals surface area contributed by atoms with Crippen LogP contribution in [0.3, 0.4) is 0 Å². The predicted molar refractivity (Wildman–Crippen MR) is 200 cm³/mol. The summed E-state index contributed by atoms with van der Waals surface area (Å²) >= 11 is 4.11. The highest BCUT2D eigenvalue weighted by Gasteiger charge is 2.41. The Morgan fingerprint density at radius 2 is 0.955 bits per heavy atom. The minimum atomic E-state index is -0.761. The molecule has 5 aromatic carbocycles. The average molecular weight is 637 g/mol. The van der Waals surface area contributed by atoms with Crippen LogP contribution in [0.1, 0.15) is 5.56 Å². The molecule has 1 aliphatic heterocycles. The Bertz CT molecular complexity index is 1920. The lowest BCUT2D eigenvalue weighted by atomic mass is 9.88. The summed E-state index contributed by atoms with van der Waals surface area (Å²) in [6, 6.07) is 54.0. The molecule has 212 valence electrons. The van der Waals surface area contributed by atoms with Crippen molar-refractivity contribution >= 4 is 80.4 Å². The van der Waals surface area contributed by atoms with E-state index in [1.165, 1.54) is 47.1 Å². The van der Waals surface area contributed by atoms with E-state index in [9.17, 15) is 0 Å². The van der Waals surface area contributed by atoms with Crippen LogP contribution in [0, 0.1) is 5.92 Å². The zero-order valence-corrected chi connectivity index (χ0v) is 27.5. The van der Waals surface area contributed by atoms with Crippen molar-refractivity contribution in [2.45, 2.75) is 5.25 Å². The van der Waals surface area contributed by atoms with E-state index in [2.05, 4.69) is 182 Å². The molecular formula is C40H30P2S2. The van der Waals surface area contributed by atoms with Gasteiger partial charge in [-0.25, -0.2) is 0 Å². The van der Waals surface area contributed by atoms with Crippen LogP contribution in [-0.4, -0.2) is 5.25 Å². The maximum atomic E-state index is 2.47. The van der Waals surface area contributed by atoms with E-state index in [1.54, 1.807) is 4.65 Å². The van der Waals surface area contributed by atoms with Gasteiger partial charge in [0.1, 0.15) is 0 Å². The Balaban J connectivity index is 1.46. The number of hydrogen-bond donors (Lipinski definition) is 0. The Morgan fingerprint density at radius 3 is 1.52 bits per heavy atom. The van der Waals surface area contributed by atoms with Gasteiger partial charge in [0.15, 0.2) is 0 Å². The van der Waals surface area contributed by atoms with Crippen LogP contribution >= 0.6 is 38.9 Å². The highest BCUT2D eigenvalue weighted by molar-refractivity contribution is 8.13. The van der Waals surface area contributed by atoms with Gasteiger partial charge in [-0.15, -0.1) is 23.1 Å². The Labute approximate surface area is 270 Å². The number of fused-ring (bicyclic) bond motifs is 2. The van der Waals surface area contributed by atoms with Gasteiger partial charge >= 0.3 is 0 Å². The van der Waals surface area contributed by atoms with Crippen LogP contribution in [-0.2, 0) is 0 Å². The molecule has 0 nitrogen and oxygen atoms in total. The molecule has 0 fully saturated rings. The molecule has 0 bridgehead atoms. The van der Waals surface area contributed by atoms with E-state index in [-0.39, 0.29) is 0 Å². The van der Waals surface area contributed by atoms with Gasteiger partial charge in [0, 0.05) is 36.1 Å². The van der Waals surface area contributed by atoms with E-state index in [0.29, 0.717) is 11.2 Å². The zero-order valence-electron chi connectivity index (χ0n) is 24.0. The number of thioether (sulfide) groups is 1. The van der Waals surface area contributed by atoms with E-state index in [1.807, 2.05) is 11.3 Å². The summed E-state index contributed by atoms with van der Waals surface area (Å²) in [5.41, 5.74) is 3.00. The molecule has 2 unspecified atom stereocenters. The fraction of sp³-hybridized carbons (Fsp3) is 0.0500. The van der Waals surface area contributed by atoms with Crippen molar-refractivity contribution in [1.29, 1.82) is 0 Å². The third-order valence-corrected chi connectivity index (χ3v) is 16.6. The normalized spacial score (nSPS) is 17.6. The zero-order chi connectivity index (χ0) is 29.3. The van der Waals surface area contributed by atoms with Crippen molar-refractivity contribution in [3.8, 4) is 0 Å². The monoisotopic (exact) mass is 636 g/mol. The molecule has 1 aromatic heterocycles. The number of benzene rings is 5. The highest BCUT2D eigenvalue weighted by atomic mass is 32.2. The summed E-state index contributed by atoms with van der Waals surface area (Å²) in [4.78, 5) is 0. The van der Waals surface area contributed by atoms with Crippen molar-refractivity contribution in [1.82, 2.24) is 0 Å². The first-order valence-electron chi connectivity index (χ1n) is 14.9. The van der Waals surface area contributed by atoms with Crippen molar-refractivity contribution in [2.75, 3.05) is 0 Å². The maximum absolute atomic E-state index is 2.47. The summed E-state index contributed by atoms with van der Waals surface area (Å²) in [5, 5.41) is 7.41. The van der Waals surface area contributed by atoms with Gasteiger partial charge in [-0.2, -0.15) is 0 Å². The minimum Gasteiger partial charge on any atom is -0.134 e. The SMILES string of the molecule is C1=CC2SC(P(c3ccccc3)c3ccccc3)=C(c3c(P(c4ccccc4)c4ccccc4)sc4ccccc34)C2C=C1. The highest BCUT2D eigenvalue weighted by Crippen LogP contribution is 2.63. The average Bonchev–Trinajstić information content (AvgIpc) is 3.65. The Morgan fingerprint density at radius 1 is 0.477 bits per heavy atom. The summed E-state index contributed by atoms with van der Waals surface area (Å²) in [7, 11) is -1.50. The largest absolute Gasteiger partial charge is 0.134 e. The van der Waals surface area contributed by atoms with Gasteiger partial charge in [0.25, 0.3) is 0 Å². The van der Waals surface area contributed by atoms with Crippen LogP contribution in [0.15, 0.2) is 175 Å². The second-order valence-electron chi connectivity index (χ2n) is 10.9. The second-order valence-corrected chi connectivity index (χ2v) is 18.0. The maximum Gasteiger partial charge on any atom is 0.0456 e. The van der Waals surface area contributed by atoms with Gasteiger partial charge in [-0.3, -0.25) is 0 Å². The Kier molecular flexibility index (Phi) is 7.94. The molecule has 0 amide bonds. The van der Waals surface area contributed by atoms with Crippen molar-refractivity contribution in [3.05, 3.63) is 180 Å². The lowest BCUT2D eigenvalue weighted by Gasteiger charge is -2.25. The molecule has 0 N–H and O–H groups in total. The van der Waals surface area contributed by atoms with E-state index in [0.717, 1.165) is 0 Å². The van der Waals surface area contributed by atoms with Crippen LogP contribution in [0.25, 0.3) is 15.7 Å². The standard InChI is InChI=1S/C40H30P2S2/c1-5-17-29(18-6-1)41(30-19-7-2-8-20-30)39-37(33-25-13-15-27-35(33)43-39)38-34-26-14-16-28-36(34)44-40(38)42(31-21-9-3-10-22-31)32-23-11-4-12-24-32/h1-28,33,35H. The van der Waals surface area contributed by atoms with Gasteiger partial charge in [-0.1, -0.05) is 164 Å². The first-order chi connectivity index (χ1) is 21.9. The topological polar surface area (TPSA) is 0 Å². The molecule has 8 rings (SSSR count). The second kappa shape index (κ2) is 12.5. The van der Waals surface area contributed by atoms with Crippen LogP contribution in [0.5, 0.6) is 0 Å². The first-order valence-corrected chi connectivity index (χ1v) is 19.3. The van der Waals surface area contributed by atoms with Crippen molar-refractivity contribution in [3.63, 3.8) is 0 Å². The molecule has 0 radical (unpaired) electrons. The van der Waals surface area contributed by atoms with E-state index >= 15 is 0 Å². The molecule has 0 spiro atoms. The van der Waals surface area contributed by atoms with E-state index in [4.69, 9.17) is 0 Å². The molecule has 4 heteroatoms. The summed E-state index contributed by atoms with van der Waals surface area (Å²) < 4.78 is 4.42. The summed E-state index contributed by atoms with van der Waals surface area (Å²) in [6.45, 7) is 0. The van der Waals surface area contributed by atoms with Crippen molar-refractivity contribution in [2.24, 2.45) is 5.92 Å². The fourth-order valence-corrected chi connectivity index (χ4v) is 15.5. The van der Waals surface area contributed by atoms with Gasteiger partial charge in [0.05, 0.1) is 0 Å². The van der Waals surface area contributed by atoms with Crippen LogP contribution < -0.4 is 25.8 Å². The molecular weight excluding hydrogens is 607 g/mol. The summed E-state index contributed by atoms with van der Waals surface area (Å²) in [5.74, 6) is 0.331.